The van der Waals surface area contributed by atoms with E-state index in [1.54, 1.807) is 25.1 Å². The lowest BCUT2D eigenvalue weighted by atomic mass is 10.2. The number of hydrogen-bond acceptors (Lipinski definition) is 6. The van der Waals surface area contributed by atoms with Crippen LogP contribution in [0, 0.1) is 6.92 Å². The average Bonchev–Trinajstić information content (AvgIpc) is 2.82. The highest BCUT2D eigenvalue weighted by Gasteiger charge is 2.10. The SMILES string of the molecule is COc1cc(C(=O)NCc2nc(C)no2)ccc1N. The summed E-state index contributed by atoms with van der Waals surface area (Å²) in [5.41, 5.74) is 6.60. The van der Waals surface area contributed by atoms with Gasteiger partial charge in [-0.1, -0.05) is 5.16 Å². The molecule has 0 spiro atoms. The fraction of sp³-hybridized carbons (Fsp3) is 0.250. The predicted octanol–water partition coefficient (Wildman–Crippen LogP) is 0.899. The smallest absolute Gasteiger partial charge is 0.251 e. The molecule has 0 aliphatic carbocycles. The molecule has 0 aliphatic heterocycles. The molecule has 1 heterocycles. The van der Waals surface area contributed by atoms with Crippen molar-refractivity contribution in [2.75, 3.05) is 12.8 Å². The van der Waals surface area contributed by atoms with Crippen molar-refractivity contribution < 1.29 is 14.1 Å². The minimum absolute atomic E-state index is 0.173. The second kappa shape index (κ2) is 5.38. The van der Waals surface area contributed by atoms with Crippen LogP contribution in [0.15, 0.2) is 22.7 Å². The normalized spacial score (nSPS) is 10.2. The number of carbonyl (C=O) groups is 1. The number of nitrogen functional groups attached to an aromatic ring is 1. The zero-order valence-corrected chi connectivity index (χ0v) is 10.6. The zero-order valence-electron chi connectivity index (χ0n) is 10.6. The predicted molar refractivity (Wildman–Crippen MR) is 67.6 cm³/mol. The number of carbonyl (C=O) groups excluding carboxylic acids is 1. The van der Waals surface area contributed by atoms with E-state index in [1.165, 1.54) is 7.11 Å². The van der Waals surface area contributed by atoms with Gasteiger partial charge in [-0.25, -0.2) is 0 Å². The van der Waals surface area contributed by atoms with Crippen molar-refractivity contribution in [3.8, 4) is 5.75 Å². The molecule has 0 radical (unpaired) electrons. The molecule has 0 bridgehead atoms. The third-order valence-corrected chi connectivity index (χ3v) is 2.47. The quantitative estimate of drug-likeness (QED) is 0.793. The molecule has 100 valence electrons. The molecule has 2 rings (SSSR count). The Kier molecular flexibility index (Phi) is 3.65. The van der Waals surface area contributed by atoms with Crippen LogP contribution >= 0.6 is 0 Å². The van der Waals surface area contributed by atoms with E-state index in [1.807, 2.05) is 0 Å². The van der Waals surface area contributed by atoms with Crippen molar-refractivity contribution in [1.29, 1.82) is 0 Å². The van der Waals surface area contributed by atoms with Gasteiger partial charge in [0.1, 0.15) is 5.75 Å². The fourth-order valence-corrected chi connectivity index (χ4v) is 1.52. The van der Waals surface area contributed by atoms with Gasteiger partial charge in [0.05, 0.1) is 19.3 Å². The Morgan fingerprint density at radius 2 is 2.32 bits per heavy atom. The zero-order chi connectivity index (χ0) is 13.8. The molecule has 7 heteroatoms. The maximum Gasteiger partial charge on any atom is 0.251 e. The van der Waals surface area contributed by atoms with E-state index in [9.17, 15) is 4.79 Å². The summed E-state index contributed by atoms with van der Waals surface area (Å²) in [6, 6.07) is 4.81. The van der Waals surface area contributed by atoms with Gasteiger partial charge in [0.15, 0.2) is 5.82 Å². The van der Waals surface area contributed by atoms with Crippen LogP contribution in [0.2, 0.25) is 0 Å². The number of hydrogen-bond donors (Lipinski definition) is 2. The van der Waals surface area contributed by atoms with Gasteiger partial charge in [-0.15, -0.1) is 0 Å². The van der Waals surface area contributed by atoms with Gasteiger partial charge in [-0.3, -0.25) is 4.79 Å². The molecule has 0 saturated heterocycles. The summed E-state index contributed by atoms with van der Waals surface area (Å²) >= 11 is 0. The number of nitrogens with two attached hydrogens (primary N) is 1. The van der Waals surface area contributed by atoms with Gasteiger partial charge in [0, 0.05) is 5.56 Å². The van der Waals surface area contributed by atoms with Crippen LogP contribution in [-0.4, -0.2) is 23.2 Å². The Balaban J connectivity index is 2.03. The minimum atomic E-state index is -0.269. The number of nitrogens with zero attached hydrogens (tertiary/aromatic N) is 2. The molecule has 19 heavy (non-hydrogen) atoms. The summed E-state index contributed by atoms with van der Waals surface area (Å²) in [7, 11) is 1.49. The molecule has 1 amide bonds. The largest absolute Gasteiger partial charge is 0.495 e. The lowest BCUT2D eigenvalue weighted by Gasteiger charge is -2.07. The third kappa shape index (κ3) is 3.01. The standard InChI is InChI=1S/C12H14N4O3/c1-7-15-11(19-16-7)6-14-12(17)8-3-4-9(13)10(5-8)18-2/h3-5H,6,13H2,1-2H3,(H,14,17). The van der Waals surface area contributed by atoms with Crippen LogP contribution < -0.4 is 15.8 Å². The molecule has 3 N–H and O–H groups in total. The van der Waals surface area contributed by atoms with Crippen LogP contribution in [0.25, 0.3) is 0 Å². The number of nitrogens with one attached hydrogen (secondary N) is 1. The highest BCUT2D eigenvalue weighted by Crippen LogP contribution is 2.21. The molecule has 1 aromatic carbocycles. The monoisotopic (exact) mass is 262 g/mol. The Hall–Kier alpha value is -2.57. The topological polar surface area (TPSA) is 103 Å². The first-order valence-electron chi connectivity index (χ1n) is 5.61. The van der Waals surface area contributed by atoms with Crippen LogP contribution in [-0.2, 0) is 6.54 Å². The first-order valence-corrected chi connectivity index (χ1v) is 5.61. The van der Waals surface area contributed by atoms with E-state index >= 15 is 0 Å². The molecule has 0 saturated carbocycles. The van der Waals surface area contributed by atoms with Gasteiger partial charge in [0.2, 0.25) is 5.89 Å². The molecule has 0 atom stereocenters. The van der Waals surface area contributed by atoms with E-state index in [4.69, 9.17) is 15.0 Å². The highest BCUT2D eigenvalue weighted by molar-refractivity contribution is 5.95. The van der Waals surface area contributed by atoms with Crippen molar-refractivity contribution in [3.05, 3.63) is 35.5 Å². The van der Waals surface area contributed by atoms with Gasteiger partial charge in [0.25, 0.3) is 5.91 Å². The first-order chi connectivity index (χ1) is 9.10. The molecular formula is C12H14N4O3. The van der Waals surface area contributed by atoms with Crippen LogP contribution in [0.1, 0.15) is 22.1 Å². The fourth-order valence-electron chi connectivity index (χ4n) is 1.52. The lowest BCUT2D eigenvalue weighted by molar-refractivity contribution is 0.0946. The molecule has 1 aromatic heterocycles. The minimum Gasteiger partial charge on any atom is -0.495 e. The highest BCUT2D eigenvalue weighted by atomic mass is 16.5. The van der Waals surface area contributed by atoms with Gasteiger partial charge >= 0.3 is 0 Å². The number of amides is 1. The molecule has 2 aromatic rings. The summed E-state index contributed by atoms with van der Waals surface area (Å²) in [6.45, 7) is 1.88. The Morgan fingerprint density at radius 1 is 1.53 bits per heavy atom. The van der Waals surface area contributed by atoms with Gasteiger partial charge < -0.3 is 20.3 Å². The number of benzene rings is 1. The summed E-state index contributed by atoms with van der Waals surface area (Å²) in [4.78, 5) is 15.9. The van der Waals surface area contributed by atoms with E-state index in [0.717, 1.165) is 0 Å². The second-order valence-electron chi connectivity index (χ2n) is 3.87. The van der Waals surface area contributed by atoms with E-state index < -0.39 is 0 Å². The Labute approximate surface area is 109 Å². The van der Waals surface area contributed by atoms with E-state index in [2.05, 4.69) is 15.5 Å². The number of ether oxygens (including phenoxy) is 1. The second-order valence-corrected chi connectivity index (χ2v) is 3.87. The number of aryl methyl sites for hydroxylation is 1. The number of methoxy groups -OCH3 is 1. The third-order valence-electron chi connectivity index (χ3n) is 2.47. The Bertz CT molecular complexity index is 594. The van der Waals surface area contributed by atoms with Crippen molar-refractivity contribution in [2.24, 2.45) is 0 Å². The summed E-state index contributed by atoms with van der Waals surface area (Å²) in [5.74, 6) is 1.07. The molecule has 7 nitrogen and oxygen atoms in total. The number of anilines is 1. The number of rotatable bonds is 4. The number of aromatic nitrogens is 2. The van der Waals surface area contributed by atoms with Gasteiger partial charge in [-0.2, -0.15) is 4.98 Å². The van der Waals surface area contributed by atoms with Crippen LogP contribution in [0.4, 0.5) is 5.69 Å². The summed E-state index contributed by atoms with van der Waals surface area (Å²) < 4.78 is 9.95. The van der Waals surface area contributed by atoms with Crippen molar-refractivity contribution in [2.45, 2.75) is 13.5 Å². The van der Waals surface area contributed by atoms with E-state index in [0.29, 0.717) is 28.7 Å². The first kappa shape index (κ1) is 12.9. The summed E-state index contributed by atoms with van der Waals surface area (Å²) in [5, 5.41) is 6.30. The Morgan fingerprint density at radius 3 is 2.95 bits per heavy atom. The van der Waals surface area contributed by atoms with E-state index in [-0.39, 0.29) is 12.5 Å². The summed E-state index contributed by atoms with van der Waals surface area (Å²) in [6.07, 6.45) is 0. The van der Waals surface area contributed by atoms with Crippen molar-refractivity contribution >= 4 is 11.6 Å². The maximum atomic E-state index is 11.9. The molecular weight excluding hydrogens is 248 g/mol. The van der Waals surface area contributed by atoms with Gasteiger partial charge in [-0.05, 0) is 25.1 Å². The molecule has 0 aliphatic rings. The van der Waals surface area contributed by atoms with Crippen LogP contribution in [0.3, 0.4) is 0 Å². The maximum absolute atomic E-state index is 11.9. The van der Waals surface area contributed by atoms with Crippen LogP contribution in [0.5, 0.6) is 5.75 Å². The van der Waals surface area contributed by atoms with Crippen molar-refractivity contribution in [3.63, 3.8) is 0 Å². The molecule has 0 unspecified atom stereocenters. The molecule has 0 fully saturated rings. The van der Waals surface area contributed by atoms with Crippen molar-refractivity contribution in [1.82, 2.24) is 15.5 Å². The lowest BCUT2D eigenvalue weighted by Crippen LogP contribution is -2.23. The average molecular weight is 262 g/mol.